The molecule has 0 unspecified atom stereocenters. The Balaban J connectivity index is 1.37. The Morgan fingerprint density at radius 2 is 1.09 bits per heavy atom. The summed E-state index contributed by atoms with van der Waals surface area (Å²) in [4.78, 5) is 22.7. The van der Waals surface area contributed by atoms with E-state index in [1.165, 1.54) is 12.1 Å². The van der Waals surface area contributed by atoms with E-state index in [4.69, 9.17) is 9.47 Å². The van der Waals surface area contributed by atoms with Crippen LogP contribution < -0.4 is 20.1 Å². The van der Waals surface area contributed by atoms with Crippen molar-refractivity contribution in [3.63, 3.8) is 0 Å². The lowest BCUT2D eigenvalue weighted by atomic mass is 10.2. The minimum atomic E-state index is -1.62. The summed E-state index contributed by atoms with van der Waals surface area (Å²) in [6.07, 6.45) is -1.62. The normalized spacial score (nSPS) is 10.2. The predicted octanol–water partition coefficient (Wildman–Crippen LogP) is 7.02. The van der Waals surface area contributed by atoms with Crippen LogP contribution >= 0.6 is 0 Å². The van der Waals surface area contributed by atoms with Gasteiger partial charge in [-0.3, -0.25) is 10.1 Å². The van der Waals surface area contributed by atoms with Crippen LogP contribution in [-0.4, -0.2) is 12.1 Å². The first-order valence-electron chi connectivity index (χ1n) is 10.0. The second kappa shape index (κ2) is 10.1. The molecule has 0 fully saturated rings. The molecule has 0 aliphatic rings. The molecule has 0 heterocycles. The maximum atomic E-state index is 12.4. The van der Waals surface area contributed by atoms with Gasteiger partial charge in [0, 0.05) is 23.0 Å². The van der Waals surface area contributed by atoms with Crippen molar-refractivity contribution in [1.29, 1.82) is 0 Å². The maximum absolute atomic E-state index is 12.4. The third-order valence-electron chi connectivity index (χ3n) is 4.52. The number of halogens is 1. The fourth-order valence-corrected chi connectivity index (χ4v) is 2.99. The molecule has 0 saturated heterocycles. The summed E-state index contributed by atoms with van der Waals surface area (Å²) in [5.41, 5.74) is 1.56. The molecule has 2 amide bonds. The number of carbonyl (C=O) groups is 2. The molecule has 0 spiro atoms. The Labute approximate surface area is 189 Å². The summed E-state index contributed by atoms with van der Waals surface area (Å²) in [6.45, 7) is 0. The van der Waals surface area contributed by atoms with E-state index >= 15 is 0 Å². The van der Waals surface area contributed by atoms with Crippen molar-refractivity contribution >= 4 is 23.4 Å². The van der Waals surface area contributed by atoms with E-state index in [1.54, 1.807) is 72.8 Å². The number of ether oxygens (including phenoxy) is 2. The van der Waals surface area contributed by atoms with Crippen molar-refractivity contribution < 1.29 is 23.5 Å². The Hall–Kier alpha value is -4.65. The summed E-state index contributed by atoms with van der Waals surface area (Å²) < 4.78 is 24.1. The van der Waals surface area contributed by atoms with Gasteiger partial charge in [0.1, 0.15) is 23.0 Å². The van der Waals surface area contributed by atoms with Gasteiger partial charge in [-0.05, 0) is 72.8 Å². The van der Waals surface area contributed by atoms with Gasteiger partial charge in [0.2, 0.25) is 0 Å². The standard InChI is InChI=1S/C26H19FN2O4/c27-26(31)29-20-11-15-22(16-12-20)33-24-8-4-7-23(17-24)32-21-13-9-19(10-14-21)28-25(30)18-5-2-1-3-6-18/h1-17H,(H,28,30)(H,29,31). The number of amides is 2. The van der Waals surface area contributed by atoms with E-state index in [0.717, 1.165) is 0 Å². The Bertz CT molecular complexity index is 1240. The van der Waals surface area contributed by atoms with Crippen molar-refractivity contribution in [2.24, 2.45) is 0 Å². The van der Waals surface area contributed by atoms with Crippen molar-refractivity contribution in [2.45, 2.75) is 0 Å². The van der Waals surface area contributed by atoms with Gasteiger partial charge in [0.25, 0.3) is 5.91 Å². The molecule has 4 aromatic rings. The minimum absolute atomic E-state index is 0.186. The highest BCUT2D eigenvalue weighted by molar-refractivity contribution is 6.04. The first-order valence-corrected chi connectivity index (χ1v) is 10.0. The molecular formula is C26H19FN2O4. The fourth-order valence-electron chi connectivity index (χ4n) is 2.99. The number of hydrogen-bond acceptors (Lipinski definition) is 4. The third kappa shape index (κ3) is 6.18. The molecule has 2 N–H and O–H groups in total. The first kappa shape index (κ1) is 21.6. The lowest BCUT2D eigenvalue weighted by Gasteiger charge is -2.10. The molecule has 164 valence electrons. The highest BCUT2D eigenvalue weighted by Crippen LogP contribution is 2.29. The quantitative estimate of drug-likeness (QED) is 0.238. The van der Waals surface area contributed by atoms with E-state index < -0.39 is 6.16 Å². The van der Waals surface area contributed by atoms with Gasteiger partial charge in [0.15, 0.2) is 0 Å². The van der Waals surface area contributed by atoms with Crippen molar-refractivity contribution in [2.75, 3.05) is 10.6 Å². The summed E-state index contributed by atoms with van der Waals surface area (Å²) in [5, 5.41) is 4.89. The maximum Gasteiger partial charge on any atom is 0.401 e. The zero-order valence-electron chi connectivity index (χ0n) is 17.3. The lowest BCUT2D eigenvalue weighted by Crippen LogP contribution is -2.11. The van der Waals surface area contributed by atoms with Crippen LogP contribution in [0.1, 0.15) is 10.4 Å². The van der Waals surface area contributed by atoms with Crippen LogP contribution in [0, 0.1) is 0 Å². The van der Waals surface area contributed by atoms with Crippen molar-refractivity contribution in [1.82, 2.24) is 0 Å². The first-order chi connectivity index (χ1) is 16.0. The topological polar surface area (TPSA) is 76.7 Å². The molecule has 0 saturated carbocycles. The Morgan fingerprint density at radius 3 is 1.61 bits per heavy atom. The van der Waals surface area contributed by atoms with Crippen LogP contribution in [0.3, 0.4) is 0 Å². The third-order valence-corrected chi connectivity index (χ3v) is 4.52. The van der Waals surface area contributed by atoms with Crippen molar-refractivity contribution in [3.8, 4) is 23.0 Å². The van der Waals surface area contributed by atoms with E-state index in [1.807, 2.05) is 18.2 Å². The number of nitrogens with one attached hydrogen (secondary N) is 2. The van der Waals surface area contributed by atoms with Gasteiger partial charge in [-0.25, -0.2) is 4.79 Å². The van der Waals surface area contributed by atoms with Crippen LogP contribution in [0.25, 0.3) is 0 Å². The summed E-state index contributed by atoms with van der Waals surface area (Å²) >= 11 is 0. The van der Waals surface area contributed by atoms with Gasteiger partial charge in [-0.2, -0.15) is 0 Å². The molecule has 0 aliphatic heterocycles. The van der Waals surface area contributed by atoms with E-state index in [0.29, 0.717) is 39.9 Å². The van der Waals surface area contributed by atoms with Crippen LogP contribution in [0.4, 0.5) is 20.6 Å². The highest BCUT2D eigenvalue weighted by Gasteiger charge is 2.06. The van der Waals surface area contributed by atoms with Gasteiger partial charge >= 0.3 is 6.16 Å². The zero-order valence-corrected chi connectivity index (χ0v) is 17.3. The molecule has 4 aromatic carbocycles. The predicted molar refractivity (Wildman–Crippen MR) is 124 cm³/mol. The summed E-state index contributed by atoms with van der Waals surface area (Å²) in [5.74, 6) is 2.03. The van der Waals surface area contributed by atoms with Crippen molar-refractivity contribution in [3.05, 3.63) is 109 Å². The second-order valence-electron chi connectivity index (χ2n) is 6.95. The fraction of sp³-hybridized carbons (Fsp3) is 0. The smallest absolute Gasteiger partial charge is 0.401 e. The molecular weight excluding hydrogens is 423 g/mol. The molecule has 7 heteroatoms. The van der Waals surface area contributed by atoms with E-state index in [-0.39, 0.29) is 5.91 Å². The molecule has 0 bridgehead atoms. The average Bonchev–Trinajstić information content (AvgIpc) is 2.82. The summed E-state index contributed by atoms with van der Waals surface area (Å²) in [6, 6.07) is 29.4. The lowest BCUT2D eigenvalue weighted by molar-refractivity contribution is 0.102. The Kier molecular flexibility index (Phi) is 6.61. The SMILES string of the molecule is O=C(F)Nc1ccc(Oc2cccc(Oc3ccc(NC(=O)c4ccccc4)cc3)c2)cc1. The summed E-state index contributed by atoms with van der Waals surface area (Å²) in [7, 11) is 0. The molecule has 0 aliphatic carbocycles. The number of carbonyl (C=O) groups excluding carboxylic acids is 2. The second-order valence-corrected chi connectivity index (χ2v) is 6.95. The van der Waals surface area contributed by atoms with Gasteiger partial charge < -0.3 is 14.8 Å². The number of hydrogen-bond donors (Lipinski definition) is 2. The van der Waals surface area contributed by atoms with Crippen LogP contribution in [0.5, 0.6) is 23.0 Å². The van der Waals surface area contributed by atoms with Crippen LogP contribution in [0.2, 0.25) is 0 Å². The molecule has 4 rings (SSSR count). The molecule has 0 radical (unpaired) electrons. The molecule has 6 nitrogen and oxygen atoms in total. The Morgan fingerprint density at radius 1 is 0.576 bits per heavy atom. The van der Waals surface area contributed by atoms with Gasteiger partial charge in [-0.1, -0.05) is 24.3 Å². The van der Waals surface area contributed by atoms with E-state index in [9.17, 15) is 14.0 Å². The molecule has 0 aromatic heterocycles. The minimum Gasteiger partial charge on any atom is -0.457 e. The van der Waals surface area contributed by atoms with Gasteiger partial charge in [0.05, 0.1) is 0 Å². The average molecular weight is 442 g/mol. The monoisotopic (exact) mass is 442 g/mol. The number of benzene rings is 4. The largest absolute Gasteiger partial charge is 0.457 e. The highest BCUT2D eigenvalue weighted by atomic mass is 19.1. The van der Waals surface area contributed by atoms with E-state index in [2.05, 4.69) is 10.6 Å². The zero-order chi connectivity index (χ0) is 23.0. The van der Waals surface area contributed by atoms with Gasteiger partial charge in [-0.15, -0.1) is 4.39 Å². The number of anilines is 2. The van der Waals surface area contributed by atoms with Crippen LogP contribution in [0.15, 0.2) is 103 Å². The number of rotatable bonds is 7. The molecule has 0 atom stereocenters. The molecule has 33 heavy (non-hydrogen) atoms. The van der Waals surface area contributed by atoms with Crippen LogP contribution in [-0.2, 0) is 0 Å².